The van der Waals surface area contributed by atoms with Gasteiger partial charge in [0.1, 0.15) is 6.10 Å². The molecule has 1 heterocycles. The quantitative estimate of drug-likeness (QED) is 0.624. The van der Waals surface area contributed by atoms with Crippen LogP contribution in [-0.4, -0.2) is 31.4 Å². The second-order valence-corrected chi connectivity index (χ2v) is 4.53. The molecule has 1 unspecified atom stereocenters. The van der Waals surface area contributed by atoms with E-state index in [-0.39, 0.29) is 0 Å². The van der Waals surface area contributed by atoms with Gasteiger partial charge in [0.25, 0.3) is 0 Å². The van der Waals surface area contributed by atoms with Crippen LogP contribution in [0.1, 0.15) is 33.1 Å². The Bertz CT molecular complexity index is 311. The highest BCUT2D eigenvalue weighted by atomic mass is 16.7. The molecule has 0 amide bonds. The zero-order valence-corrected chi connectivity index (χ0v) is 11.3. The lowest BCUT2D eigenvalue weighted by atomic mass is 9.93. The SMILES string of the molecule is CCCC[C@@](C)(OC)C(C=O)O[C@@H]1C=CC=CO1. The van der Waals surface area contributed by atoms with Gasteiger partial charge in [-0.3, -0.25) is 0 Å². The first-order chi connectivity index (χ1) is 8.66. The maximum Gasteiger partial charge on any atom is 0.219 e. The molecule has 1 rings (SSSR count). The molecule has 0 N–H and O–H groups in total. The van der Waals surface area contributed by atoms with Crippen LogP contribution in [0.25, 0.3) is 0 Å². The van der Waals surface area contributed by atoms with Crippen LogP contribution in [0.4, 0.5) is 0 Å². The van der Waals surface area contributed by atoms with E-state index < -0.39 is 18.0 Å². The number of methoxy groups -OCH3 is 1. The Kier molecular flexibility index (Phi) is 6.09. The van der Waals surface area contributed by atoms with Crippen LogP contribution in [0, 0.1) is 0 Å². The largest absolute Gasteiger partial charge is 0.469 e. The molecule has 0 aliphatic carbocycles. The predicted molar refractivity (Wildman–Crippen MR) is 69.0 cm³/mol. The molecule has 0 saturated carbocycles. The third kappa shape index (κ3) is 3.96. The molecule has 4 nitrogen and oxygen atoms in total. The second-order valence-electron chi connectivity index (χ2n) is 4.53. The lowest BCUT2D eigenvalue weighted by molar-refractivity contribution is -0.184. The Hall–Kier alpha value is -1.13. The topological polar surface area (TPSA) is 44.8 Å². The number of aldehydes is 1. The van der Waals surface area contributed by atoms with E-state index in [4.69, 9.17) is 14.2 Å². The van der Waals surface area contributed by atoms with Crippen LogP contribution >= 0.6 is 0 Å². The van der Waals surface area contributed by atoms with E-state index in [1.807, 2.05) is 13.0 Å². The standard InChI is InChI=1S/C14H22O4/c1-4-5-9-14(2,16-3)12(11-15)18-13-8-6-7-10-17-13/h6-8,10-13H,4-5,9H2,1-3H3/t12?,13-,14-/m1/s1. The van der Waals surface area contributed by atoms with Gasteiger partial charge in [0, 0.05) is 7.11 Å². The average Bonchev–Trinajstić information content (AvgIpc) is 2.43. The van der Waals surface area contributed by atoms with Gasteiger partial charge in [0.15, 0.2) is 6.29 Å². The Labute approximate surface area is 109 Å². The molecule has 18 heavy (non-hydrogen) atoms. The molecule has 0 aromatic heterocycles. The fraction of sp³-hybridized carbons (Fsp3) is 0.643. The minimum absolute atomic E-state index is 0.527. The normalized spacial score (nSPS) is 23.2. The highest BCUT2D eigenvalue weighted by Crippen LogP contribution is 2.25. The van der Waals surface area contributed by atoms with E-state index in [0.717, 1.165) is 25.5 Å². The van der Waals surface area contributed by atoms with Crippen molar-refractivity contribution in [2.75, 3.05) is 7.11 Å². The Morgan fingerprint density at radius 2 is 2.28 bits per heavy atom. The van der Waals surface area contributed by atoms with Crippen molar-refractivity contribution in [1.29, 1.82) is 0 Å². The van der Waals surface area contributed by atoms with Gasteiger partial charge >= 0.3 is 0 Å². The van der Waals surface area contributed by atoms with Crippen molar-refractivity contribution < 1.29 is 19.0 Å². The fourth-order valence-electron chi connectivity index (χ4n) is 1.80. The van der Waals surface area contributed by atoms with Crippen molar-refractivity contribution in [1.82, 2.24) is 0 Å². The number of carbonyl (C=O) groups excluding carboxylic acids is 1. The Balaban J connectivity index is 2.64. The van der Waals surface area contributed by atoms with Crippen LogP contribution in [-0.2, 0) is 19.0 Å². The van der Waals surface area contributed by atoms with Crippen LogP contribution in [0.2, 0.25) is 0 Å². The molecule has 0 fully saturated rings. The van der Waals surface area contributed by atoms with Gasteiger partial charge in [-0.25, -0.2) is 0 Å². The first-order valence-electron chi connectivity index (χ1n) is 6.31. The summed E-state index contributed by atoms with van der Waals surface area (Å²) in [6.45, 7) is 3.99. The van der Waals surface area contributed by atoms with E-state index in [1.54, 1.807) is 25.5 Å². The molecule has 1 aliphatic rings. The number of carbonyl (C=O) groups is 1. The molecule has 0 spiro atoms. The molecule has 1 aliphatic heterocycles. The van der Waals surface area contributed by atoms with Crippen LogP contribution in [0.3, 0.4) is 0 Å². The summed E-state index contributed by atoms with van der Waals surface area (Å²) in [6.07, 6.45) is 9.32. The van der Waals surface area contributed by atoms with Crippen LogP contribution in [0.15, 0.2) is 24.5 Å². The molecule has 0 saturated heterocycles. The number of hydrogen-bond acceptors (Lipinski definition) is 4. The van der Waals surface area contributed by atoms with Crippen molar-refractivity contribution in [3.8, 4) is 0 Å². The zero-order chi connectivity index (χ0) is 13.4. The van der Waals surface area contributed by atoms with Gasteiger partial charge < -0.3 is 19.0 Å². The third-order valence-electron chi connectivity index (χ3n) is 3.17. The van der Waals surface area contributed by atoms with E-state index in [2.05, 4.69) is 6.92 Å². The zero-order valence-electron chi connectivity index (χ0n) is 11.3. The highest BCUT2D eigenvalue weighted by Gasteiger charge is 2.36. The van der Waals surface area contributed by atoms with E-state index in [9.17, 15) is 4.79 Å². The van der Waals surface area contributed by atoms with Crippen molar-refractivity contribution in [2.24, 2.45) is 0 Å². The smallest absolute Gasteiger partial charge is 0.219 e. The molecule has 3 atom stereocenters. The van der Waals surface area contributed by atoms with E-state index in [0.29, 0.717) is 0 Å². The number of allylic oxidation sites excluding steroid dienone is 2. The lowest BCUT2D eigenvalue weighted by Gasteiger charge is -2.34. The maximum atomic E-state index is 11.2. The van der Waals surface area contributed by atoms with Gasteiger partial charge in [0.2, 0.25) is 6.29 Å². The number of ether oxygens (including phenoxy) is 3. The minimum atomic E-state index is -0.643. The van der Waals surface area contributed by atoms with Crippen LogP contribution < -0.4 is 0 Å². The number of rotatable bonds is 8. The molecule has 102 valence electrons. The van der Waals surface area contributed by atoms with Crippen molar-refractivity contribution in [2.45, 2.75) is 51.1 Å². The Morgan fingerprint density at radius 1 is 1.50 bits per heavy atom. The van der Waals surface area contributed by atoms with Gasteiger partial charge in [-0.15, -0.1) is 0 Å². The monoisotopic (exact) mass is 254 g/mol. The van der Waals surface area contributed by atoms with E-state index in [1.165, 1.54) is 0 Å². The molecular weight excluding hydrogens is 232 g/mol. The first-order valence-corrected chi connectivity index (χ1v) is 6.31. The predicted octanol–water partition coefficient (Wildman–Crippen LogP) is 2.59. The van der Waals surface area contributed by atoms with Crippen molar-refractivity contribution >= 4 is 6.29 Å². The summed E-state index contributed by atoms with van der Waals surface area (Å²) in [5.74, 6) is 0. The molecule has 0 bridgehead atoms. The number of hydrogen-bond donors (Lipinski definition) is 0. The van der Waals surface area contributed by atoms with Crippen LogP contribution in [0.5, 0.6) is 0 Å². The first kappa shape index (κ1) is 14.9. The summed E-state index contributed by atoms with van der Waals surface area (Å²) in [7, 11) is 1.60. The molecular formula is C14H22O4. The minimum Gasteiger partial charge on any atom is -0.469 e. The summed E-state index contributed by atoms with van der Waals surface area (Å²) < 4.78 is 16.4. The lowest BCUT2D eigenvalue weighted by Crippen LogP contribution is -2.46. The van der Waals surface area contributed by atoms with Gasteiger partial charge in [-0.1, -0.05) is 25.8 Å². The van der Waals surface area contributed by atoms with Gasteiger partial charge in [-0.05, 0) is 25.5 Å². The summed E-state index contributed by atoms with van der Waals surface area (Å²) in [4.78, 5) is 11.2. The highest BCUT2D eigenvalue weighted by molar-refractivity contribution is 5.58. The molecule has 0 aromatic carbocycles. The van der Waals surface area contributed by atoms with Crippen molar-refractivity contribution in [3.05, 3.63) is 24.5 Å². The van der Waals surface area contributed by atoms with Gasteiger partial charge in [0.05, 0.1) is 11.9 Å². The van der Waals surface area contributed by atoms with Gasteiger partial charge in [-0.2, -0.15) is 0 Å². The summed E-state index contributed by atoms with van der Waals surface area (Å²) >= 11 is 0. The van der Waals surface area contributed by atoms with E-state index >= 15 is 0 Å². The Morgan fingerprint density at radius 3 is 2.78 bits per heavy atom. The molecule has 4 heteroatoms. The summed E-state index contributed by atoms with van der Waals surface area (Å²) in [5.41, 5.74) is -0.615. The second kappa shape index (κ2) is 7.34. The fourth-order valence-corrected chi connectivity index (χ4v) is 1.80. The van der Waals surface area contributed by atoms with Crippen molar-refractivity contribution in [3.63, 3.8) is 0 Å². The molecule has 0 radical (unpaired) electrons. The molecule has 0 aromatic rings. The summed E-state index contributed by atoms with van der Waals surface area (Å²) in [5, 5.41) is 0. The summed E-state index contributed by atoms with van der Waals surface area (Å²) in [6, 6.07) is 0. The number of unbranched alkanes of at least 4 members (excludes halogenated alkanes) is 1. The average molecular weight is 254 g/mol. The third-order valence-corrected chi connectivity index (χ3v) is 3.17. The maximum absolute atomic E-state index is 11.2.